The molecule has 0 aliphatic rings. The third-order valence-electron chi connectivity index (χ3n) is 2.73. The second-order valence-corrected chi connectivity index (χ2v) is 4.28. The highest BCUT2D eigenvalue weighted by molar-refractivity contribution is 6.04. The topological polar surface area (TPSA) is 46.2 Å². The molecule has 0 aromatic heterocycles. The van der Waals surface area contributed by atoms with Gasteiger partial charge in [-0.3, -0.25) is 9.59 Å². The lowest BCUT2D eigenvalue weighted by atomic mass is 10.0. The molecule has 0 heterocycles. The lowest BCUT2D eigenvalue weighted by Crippen LogP contribution is -2.21. The van der Waals surface area contributed by atoms with Gasteiger partial charge in [-0.15, -0.1) is 0 Å². The first kappa shape index (κ1) is 13.4. The number of amides is 1. The lowest BCUT2D eigenvalue weighted by Gasteiger charge is -2.13. The molecule has 1 N–H and O–H groups in total. The third-order valence-corrected chi connectivity index (χ3v) is 2.73. The summed E-state index contributed by atoms with van der Waals surface area (Å²) in [6.45, 7) is 5.45. The molecule has 1 rings (SSSR count). The number of nitrogens with one attached hydrogen (secondary N) is 1. The zero-order valence-electron chi connectivity index (χ0n) is 10.6. The number of carbonyl (C=O) groups excluding carboxylic acids is 2. The quantitative estimate of drug-likeness (QED) is 0.793. The van der Waals surface area contributed by atoms with Gasteiger partial charge in [0.15, 0.2) is 5.78 Å². The van der Waals surface area contributed by atoms with E-state index in [0.29, 0.717) is 11.3 Å². The molecule has 1 atom stereocenters. The second kappa shape index (κ2) is 6.18. The van der Waals surface area contributed by atoms with E-state index in [0.717, 1.165) is 12.8 Å². The molecule has 0 fully saturated rings. The SMILES string of the molecule is CCCC(C)C(=O)Nc1ccccc1C(C)=O. The molecule has 3 nitrogen and oxygen atoms in total. The molecule has 1 aromatic rings. The van der Waals surface area contributed by atoms with E-state index in [-0.39, 0.29) is 17.6 Å². The van der Waals surface area contributed by atoms with Crippen LogP contribution in [0.1, 0.15) is 44.0 Å². The summed E-state index contributed by atoms with van der Waals surface area (Å²) in [4.78, 5) is 23.2. The molecule has 1 aromatic carbocycles. The number of para-hydroxylation sites is 1. The minimum atomic E-state index is -0.0379. The molecule has 17 heavy (non-hydrogen) atoms. The van der Waals surface area contributed by atoms with Gasteiger partial charge >= 0.3 is 0 Å². The number of carbonyl (C=O) groups is 2. The van der Waals surface area contributed by atoms with Crippen LogP contribution in [0.15, 0.2) is 24.3 Å². The summed E-state index contributed by atoms with van der Waals surface area (Å²) in [6, 6.07) is 7.09. The summed E-state index contributed by atoms with van der Waals surface area (Å²) in [5, 5.41) is 2.82. The first-order valence-corrected chi connectivity index (χ1v) is 5.97. The smallest absolute Gasteiger partial charge is 0.227 e. The van der Waals surface area contributed by atoms with Crippen molar-refractivity contribution in [3.8, 4) is 0 Å². The Hall–Kier alpha value is -1.64. The van der Waals surface area contributed by atoms with Crippen molar-refractivity contribution in [1.82, 2.24) is 0 Å². The fourth-order valence-electron chi connectivity index (χ4n) is 1.72. The van der Waals surface area contributed by atoms with E-state index in [4.69, 9.17) is 0 Å². The van der Waals surface area contributed by atoms with Crippen molar-refractivity contribution in [2.75, 3.05) is 5.32 Å². The number of hydrogen-bond acceptors (Lipinski definition) is 2. The third kappa shape index (κ3) is 3.70. The number of Topliss-reactive ketones (excluding diaryl/α,β-unsaturated/α-hetero) is 1. The van der Waals surface area contributed by atoms with Crippen LogP contribution in [-0.2, 0) is 4.79 Å². The van der Waals surface area contributed by atoms with Gasteiger partial charge in [0, 0.05) is 11.5 Å². The Bertz CT molecular complexity index is 412. The van der Waals surface area contributed by atoms with Crippen molar-refractivity contribution < 1.29 is 9.59 Å². The van der Waals surface area contributed by atoms with E-state index in [2.05, 4.69) is 5.32 Å². The molecular formula is C14H19NO2. The Morgan fingerprint density at radius 3 is 2.53 bits per heavy atom. The maximum Gasteiger partial charge on any atom is 0.227 e. The van der Waals surface area contributed by atoms with Gasteiger partial charge in [-0.2, -0.15) is 0 Å². The monoisotopic (exact) mass is 233 g/mol. The van der Waals surface area contributed by atoms with Crippen LogP contribution in [0, 0.1) is 5.92 Å². The summed E-state index contributed by atoms with van der Waals surface area (Å²) in [7, 11) is 0. The lowest BCUT2D eigenvalue weighted by molar-refractivity contribution is -0.119. The number of anilines is 1. The molecule has 92 valence electrons. The van der Waals surface area contributed by atoms with Crippen molar-refractivity contribution in [3.05, 3.63) is 29.8 Å². The first-order chi connectivity index (χ1) is 8.06. The van der Waals surface area contributed by atoms with Gasteiger partial charge in [0.25, 0.3) is 0 Å². The molecule has 0 aliphatic carbocycles. The predicted octanol–water partition coefficient (Wildman–Crippen LogP) is 3.26. The Balaban J connectivity index is 2.81. The van der Waals surface area contributed by atoms with Crippen molar-refractivity contribution >= 4 is 17.4 Å². The average molecular weight is 233 g/mol. The maximum absolute atomic E-state index is 11.9. The van der Waals surface area contributed by atoms with Crippen molar-refractivity contribution in [2.24, 2.45) is 5.92 Å². The summed E-state index contributed by atoms with van der Waals surface area (Å²) >= 11 is 0. The van der Waals surface area contributed by atoms with Gasteiger partial charge in [-0.05, 0) is 25.5 Å². The Kier molecular flexibility index (Phi) is 4.88. The Labute approximate surface area is 102 Å². The number of hydrogen-bond donors (Lipinski definition) is 1. The van der Waals surface area contributed by atoms with Crippen LogP contribution in [0.2, 0.25) is 0 Å². The van der Waals surface area contributed by atoms with Crippen molar-refractivity contribution in [3.63, 3.8) is 0 Å². The summed E-state index contributed by atoms with van der Waals surface area (Å²) in [6.07, 6.45) is 1.83. The Morgan fingerprint density at radius 2 is 1.94 bits per heavy atom. The minimum absolute atomic E-state index is 0.0273. The van der Waals surface area contributed by atoms with Gasteiger partial charge in [0.05, 0.1) is 5.69 Å². The van der Waals surface area contributed by atoms with E-state index in [9.17, 15) is 9.59 Å². The normalized spacial score (nSPS) is 11.9. The summed E-state index contributed by atoms with van der Waals surface area (Å²) < 4.78 is 0. The number of ketones is 1. The molecule has 0 spiro atoms. The molecule has 3 heteroatoms. The van der Waals surface area contributed by atoms with Crippen molar-refractivity contribution in [2.45, 2.75) is 33.6 Å². The van der Waals surface area contributed by atoms with Crippen LogP contribution in [0.25, 0.3) is 0 Å². The summed E-state index contributed by atoms with van der Waals surface area (Å²) in [5.41, 5.74) is 1.16. The highest BCUT2D eigenvalue weighted by atomic mass is 16.2. The Morgan fingerprint density at radius 1 is 1.29 bits per heavy atom. The van der Waals surface area contributed by atoms with Gasteiger partial charge in [-0.25, -0.2) is 0 Å². The number of benzene rings is 1. The predicted molar refractivity (Wildman–Crippen MR) is 69.1 cm³/mol. The molecule has 0 bridgehead atoms. The first-order valence-electron chi connectivity index (χ1n) is 5.97. The van der Waals surface area contributed by atoms with Gasteiger partial charge < -0.3 is 5.32 Å². The zero-order chi connectivity index (χ0) is 12.8. The standard InChI is InChI=1S/C14H19NO2/c1-4-7-10(2)14(17)15-13-9-6-5-8-12(13)11(3)16/h5-6,8-10H,4,7H2,1-3H3,(H,15,17). The van der Waals surface area contributed by atoms with Crippen LogP contribution in [-0.4, -0.2) is 11.7 Å². The second-order valence-electron chi connectivity index (χ2n) is 4.28. The molecular weight excluding hydrogens is 214 g/mol. The van der Waals surface area contributed by atoms with Crippen LogP contribution >= 0.6 is 0 Å². The van der Waals surface area contributed by atoms with E-state index < -0.39 is 0 Å². The van der Waals surface area contributed by atoms with E-state index in [1.54, 1.807) is 18.2 Å². The molecule has 0 aliphatic heterocycles. The van der Waals surface area contributed by atoms with Crippen LogP contribution in [0.3, 0.4) is 0 Å². The van der Waals surface area contributed by atoms with Crippen LogP contribution < -0.4 is 5.32 Å². The van der Waals surface area contributed by atoms with Crippen LogP contribution in [0.5, 0.6) is 0 Å². The van der Waals surface area contributed by atoms with Crippen LogP contribution in [0.4, 0.5) is 5.69 Å². The van der Waals surface area contributed by atoms with E-state index >= 15 is 0 Å². The molecule has 1 unspecified atom stereocenters. The summed E-state index contributed by atoms with van der Waals surface area (Å²) in [5.74, 6) is -0.0930. The molecule has 0 saturated carbocycles. The zero-order valence-corrected chi connectivity index (χ0v) is 10.6. The highest BCUT2D eigenvalue weighted by Crippen LogP contribution is 2.17. The van der Waals surface area contributed by atoms with E-state index in [1.807, 2.05) is 19.9 Å². The van der Waals surface area contributed by atoms with E-state index in [1.165, 1.54) is 6.92 Å². The highest BCUT2D eigenvalue weighted by Gasteiger charge is 2.14. The average Bonchev–Trinajstić information content (AvgIpc) is 2.29. The fraction of sp³-hybridized carbons (Fsp3) is 0.429. The molecule has 0 radical (unpaired) electrons. The van der Waals surface area contributed by atoms with Gasteiger partial charge in [-0.1, -0.05) is 32.4 Å². The van der Waals surface area contributed by atoms with Gasteiger partial charge in [0.2, 0.25) is 5.91 Å². The van der Waals surface area contributed by atoms with Crippen molar-refractivity contribution in [1.29, 1.82) is 0 Å². The fourth-order valence-corrected chi connectivity index (χ4v) is 1.72. The van der Waals surface area contributed by atoms with Gasteiger partial charge in [0.1, 0.15) is 0 Å². The molecule has 1 amide bonds. The molecule has 0 saturated heterocycles. The maximum atomic E-state index is 11.9. The largest absolute Gasteiger partial charge is 0.325 e. The number of rotatable bonds is 5. The minimum Gasteiger partial charge on any atom is -0.325 e.